The average molecular weight is 236 g/mol. The Labute approximate surface area is 97.7 Å². The Hall–Kier alpha value is -1.77. The van der Waals surface area contributed by atoms with Crippen LogP contribution in [0.25, 0.3) is 11.1 Å². The van der Waals surface area contributed by atoms with Crippen molar-refractivity contribution >= 4 is 0 Å². The number of benzene rings is 2. The van der Waals surface area contributed by atoms with E-state index in [1.807, 2.05) is 0 Å². The Balaban J connectivity index is 2.60. The van der Waals surface area contributed by atoms with Crippen LogP contribution in [0.5, 0.6) is 0 Å². The summed E-state index contributed by atoms with van der Waals surface area (Å²) in [6.45, 7) is 3.10. The molecule has 0 spiro atoms. The molecule has 0 nitrogen and oxygen atoms in total. The Kier molecular flexibility index (Phi) is 2.92. The van der Waals surface area contributed by atoms with Gasteiger partial charge in [0.2, 0.25) is 0 Å². The van der Waals surface area contributed by atoms with Gasteiger partial charge in [0.25, 0.3) is 0 Å². The third kappa shape index (κ3) is 2.18. The van der Waals surface area contributed by atoms with E-state index in [0.717, 1.165) is 12.1 Å². The lowest BCUT2D eigenvalue weighted by atomic mass is 10.0. The normalized spacial score (nSPS) is 10.6. The van der Waals surface area contributed by atoms with Crippen LogP contribution in [0, 0.1) is 31.3 Å². The van der Waals surface area contributed by atoms with Crippen molar-refractivity contribution in [2.24, 2.45) is 0 Å². The summed E-state index contributed by atoms with van der Waals surface area (Å²) in [4.78, 5) is 0. The van der Waals surface area contributed by atoms with Gasteiger partial charge in [-0.1, -0.05) is 12.1 Å². The second-order valence-electron chi connectivity index (χ2n) is 4.05. The van der Waals surface area contributed by atoms with E-state index in [4.69, 9.17) is 0 Å². The van der Waals surface area contributed by atoms with E-state index in [0.29, 0.717) is 11.1 Å². The molecule has 0 unspecified atom stereocenters. The average Bonchev–Trinajstić information content (AvgIpc) is 2.27. The number of hydrogen-bond acceptors (Lipinski definition) is 0. The van der Waals surface area contributed by atoms with Gasteiger partial charge in [0.15, 0.2) is 0 Å². The summed E-state index contributed by atoms with van der Waals surface area (Å²) < 4.78 is 40.4. The molecule has 0 atom stereocenters. The molecule has 17 heavy (non-hydrogen) atoms. The van der Waals surface area contributed by atoms with Crippen LogP contribution >= 0.6 is 0 Å². The molecule has 88 valence electrons. The highest BCUT2D eigenvalue weighted by Crippen LogP contribution is 2.26. The molecule has 0 aliphatic heterocycles. The minimum absolute atomic E-state index is 0.0759. The number of halogens is 3. The molecule has 2 aromatic rings. The minimum atomic E-state index is -0.549. The van der Waals surface area contributed by atoms with Gasteiger partial charge in [0.1, 0.15) is 17.5 Å². The fourth-order valence-corrected chi connectivity index (χ4v) is 1.63. The quantitative estimate of drug-likeness (QED) is 0.689. The first-order chi connectivity index (χ1) is 7.99. The third-order valence-corrected chi connectivity index (χ3v) is 2.73. The monoisotopic (exact) mass is 236 g/mol. The van der Waals surface area contributed by atoms with Crippen molar-refractivity contribution in [2.45, 2.75) is 13.8 Å². The van der Waals surface area contributed by atoms with E-state index in [1.54, 1.807) is 19.1 Å². The van der Waals surface area contributed by atoms with E-state index >= 15 is 0 Å². The summed E-state index contributed by atoms with van der Waals surface area (Å²) in [6, 6.07) is 6.53. The molecule has 0 saturated carbocycles. The van der Waals surface area contributed by atoms with E-state index < -0.39 is 17.5 Å². The highest BCUT2D eigenvalue weighted by atomic mass is 19.1. The largest absolute Gasteiger partial charge is 0.207 e. The van der Waals surface area contributed by atoms with Crippen LogP contribution in [0.2, 0.25) is 0 Å². The van der Waals surface area contributed by atoms with Crippen LogP contribution in [0.15, 0.2) is 30.3 Å². The molecule has 0 aromatic heterocycles. The summed E-state index contributed by atoms with van der Waals surface area (Å²) in [6.07, 6.45) is 0. The zero-order valence-electron chi connectivity index (χ0n) is 9.52. The molecule has 0 aliphatic carbocycles. The Morgan fingerprint density at radius 3 is 2.00 bits per heavy atom. The van der Waals surface area contributed by atoms with Crippen LogP contribution in [0.4, 0.5) is 13.2 Å². The van der Waals surface area contributed by atoms with Gasteiger partial charge in [-0.05, 0) is 48.7 Å². The molecule has 0 saturated heterocycles. The number of rotatable bonds is 1. The van der Waals surface area contributed by atoms with Crippen LogP contribution in [-0.4, -0.2) is 0 Å². The second kappa shape index (κ2) is 4.24. The summed E-state index contributed by atoms with van der Waals surface area (Å²) in [7, 11) is 0. The van der Waals surface area contributed by atoms with Crippen LogP contribution < -0.4 is 0 Å². The number of hydrogen-bond donors (Lipinski definition) is 0. The Morgan fingerprint density at radius 2 is 1.35 bits per heavy atom. The smallest absolute Gasteiger partial charge is 0.131 e. The van der Waals surface area contributed by atoms with E-state index in [9.17, 15) is 13.2 Å². The lowest BCUT2D eigenvalue weighted by Crippen LogP contribution is -1.92. The topological polar surface area (TPSA) is 0 Å². The number of aryl methyl sites for hydroxylation is 2. The molecule has 0 amide bonds. The summed E-state index contributed by atoms with van der Waals surface area (Å²) >= 11 is 0. The standard InChI is InChI=1S/C14H11F3/c1-8-3-4-10(6-12(8)15)11-7-13(16)9(2)5-14(11)17/h3-7H,1-2H3. The predicted molar refractivity (Wildman–Crippen MR) is 61.2 cm³/mol. The van der Waals surface area contributed by atoms with E-state index in [2.05, 4.69) is 0 Å². The molecule has 0 radical (unpaired) electrons. The predicted octanol–water partition coefficient (Wildman–Crippen LogP) is 4.39. The van der Waals surface area contributed by atoms with Crippen molar-refractivity contribution in [3.63, 3.8) is 0 Å². The molecular weight excluding hydrogens is 225 g/mol. The van der Waals surface area contributed by atoms with Gasteiger partial charge in [0, 0.05) is 5.56 Å². The van der Waals surface area contributed by atoms with Gasteiger partial charge in [-0.3, -0.25) is 0 Å². The lowest BCUT2D eigenvalue weighted by molar-refractivity contribution is 0.594. The second-order valence-corrected chi connectivity index (χ2v) is 4.05. The molecule has 3 heteroatoms. The van der Waals surface area contributed by atoms with Crippen molar-refractivity contribution in [3.05, 3.63) is 58.9 Å². The third-order valence-electron chi connectivity index (χ3n) is 2.73. The molecule has 2 aromatic carbocycles. The maximum absolute atomic E-state index is 13.7. The van der Waals surface area contributed by atoms with Crippen molar-refractivity contribution < 1.29 is 13.2 Å². The Bertz CT molecular complexity index is 574. The van der Waals surface area contributed by atoms with Gasteiger partial charge in [-0.25, -0.2) is 13.2 Å². The summed E-state index contributed by atoms with van der Waals surface area (Å²) in [5.74, 6) is -1.47. The van der Waals surface area contributed by atoms with Crippen LogP contribution in [0.1, 0.15) is 11.1 Å². The van der Waals surface area contributed by atoms with E-state index in [-0.39, 0.29) is 11.1 Å². The summed E-state index contributed by atoms with van der Waals surface area (Å²) in [5.41, 5.74) is 1.12. The van der Waals surface area contributed by atoms with Gasteiger partial charge < -0.3 is 0 Å². The SMILES string of the molecule is Cc1ccc(-c2cc(F)c(C)cc2F)cc1F. The molecular formula is C14H11F3. The van der Waals surface area contributed by atoms with Gasteiger partial charge in [-0.2, -0.15) is 0 Å². The fraction of sp³-hybridized carbons (Fsp3) is 0.143. The van der Waals surface area contributed by atoms with Crippen molar-refractivity contribution in [3.8, 4) is 11.1 Å². The zero-order chi connectivity index (χ0) is 12.6. The van der Waals surface area contributed by atoms with Crippen LogP contribution in [0.3, 0.4) is 0 Å². The molecule has 0 aliphatic rings. The molecule has 0 fully saturated rings. The van der Waals surface area contributed by atoms with E-state index in [1.165, 1.54) is 13.0 Å². The highest BCUT2D eigenvalue weighted by molar-refractivity contribution is 5.65. The summed E-state index contributed by atoms with van der Waals surface area (Å²) in [5, 5.41) is 0. The Morgan fingerprint density at radius 1 is 0.706 bits per heavy atom. The first-order valence-corrected chi connectivity index (χ1v) is 5.21. The first-order valence-electron chi connectivity index (χ1n) is 5.21. The molecule has 0 bridgehead atoms. The maximum atomic E-state index is 13.7. The highest BCUT2D eigenvalue weighted by Gasteiger charge is 2.10. The zero-order valence-corrected chi connectivity index (χ0v) is 9.52. The van der Waals surface area contributed by atoms with Crippen molar-refractivity contribution in [1.82, 2.24) is 0 Å². The van der Waals surface area contributed by atoms with Gasteiger partial charge in [-0.15, -0.1) is 0 Å². The fourth-order valence-electron chi connectivity index (χ4n) is 1.63. The van der Waals surface area contributed by atoms with Gasteiger partial charge in [0.05, 0.1) is 0 Å². The first kappa shape index (κ1) is 11.7. The minimum Gasteiger partial charge on any atom is -0.207 e. The maximum Gasteiger partial charge on any atom is 0.131 e. The molecule has 0 heterocycles. The van der Waals surface area contributed by atoms with Crippen LogP contribution in [-0.2, 0) is 0 Å². The lowest BCUT2D eigenvalue weighted by Gasteiger charge is -2.07. The van der Waals surface area contributed by atoms with Crippen molar-refractivity contribution in [1.29, 1.82) is 0 Å². The molecule has 0 N–H and O–H groups in total. The van der Waals surface area contributed by atoms with Gasteiger partial charge >= 0.3 is 0 Å². The van der Waals surface area contributed by atoms with Crippen molar-refractivity contribution in [2.75, 3.05) is 0 Å². The molecule has 2 rings (SSSR count).